The van der Waals surface area contributed by atoms with E-state index in [1.807, 2.05) is 0 Å². The van der Waals surface area contributed by atoms with Crippen molar-refractivity contribution in [2.45, 2.75) is 6.36 Å². The molecule has 0 heterocycles. The predicted molar refractivity (Wildman–Crippen MR) is 48.7 cm³/mol. The monoisotopic (exact) mass is 252 g/mol. The normalized spacial score (nSPS) is 11.0. The Balaban J connectivity index is 3.14. The molecule has 0 aliphatic carbocycles. The maximum Gasteiger partial charge on any atom is 0.573 e. The third-order valence-corrected chi connectivity index (χ3v) is 1.74. The molecule has 0 fully saturated rings. The highest BCUT2D eigenvalue weighted by Gasteiger charge is 2.31. The number of ether oxygens (including phenoxy) is 1. The fourth-order valence-electron chi connectivity index (χ4n) is 0.996. The standard InChI is InChI=1S/C9H4ClF3O3/c10-8(15)6-1-5(4-14)2-7(3-6)16-9(11,12)13/h1-4H. The highest BCUT2D eigenvalue weighted by Crippen LogP contribution is 2.25. The van der Waals surface area contributed by atoms with Gasteiger partial charge in [0.05, 0.1) is 0 Å². The summed E-state index contributed by atoms with van der Waals surface area (Å²) in [6.07, 6.45) is -4.61. The Morgan fingerprint density at radius 1 is 1.31 bits per heavy atom. The van der Waals surface area contributed by atoms with E-state index in [2.05, 4.69) is 4.74 Å². The lowest BCUT2D eigenvalue weighted by Gasteiger charge is -2.09. The first-order valence-electron chi connectivity index (χ1n) is 3.87. The van der Waals surface area contributed by atoms with Crippen LogP contribution in [-0.4, -0.2) is 17.9 Å². The number of aldehydes is 1. The van der Waals surface area contributed by atoms with Gasteiger partial charge in [-0.05, 0) is 29.8 Å². The van der Waals surface area contributed by atoms with Gasteiger partial charge in [0.2, 0.25) is 0 Å². The zero-order chi connectivity index (χ0) is 12.3. The zero-order valence-corrected chi connectivity index (χ0v) is 8.30. The largest absolute Gasteiger partial charge is 0.573 e. The van der Waals surface area contributed by atoms with Crippen molar-refractivity contribution in [3.63, 3.8) is 0 Å². The molecule has 0 aliphatic heterocycles. The summed E-state index contributed by atoms with van der Waals surface area (Å²) in [6, 6.07) is 2.71. The van der Waals surface area contributed by atoms with Crippen molar-refractivity contribution in [2.24, 2.45) is 0 Å². The Morgan fingerprint density at radius 2 is 1.94 bits per heavy atom. The Morgan fingerprint density at radius 3 is 2.38 bits per heavy atom. The van der Waals surface area contributed by atoms with Gasteiger partial charge < -0.3 is 4.74 Å². The molecule has 0 aliphatic rings. The minimum atomic E-state index is -4.89. The molecule has 0 atom stereocenters. The van der Waals surface area contributed by atoms with Gasteiger partial charge >= 0.3 is 6.36 Å². The summed E-state index contributed by atoms with van der Waals surface area (Å²) in [6.45, 7) is 0. The van der Waals surface area contributed by atoms with Gasteiger partial charge in [0.25, 0.3) is 5.24 Å². The predicted octanol–water partition coefficient (Wildman–Crippen LogP) is 2.78. The SMILES string of the molecule is O=Cc1cc(OC(F)(F)F)cc(C(=O)Cl)c1. The van der Waals surface area contributed by atoms with Crippen LogP contribution in [0.4, 0.5) is 13.2 Å². The summed E-state index contributed by atoms with van der Waals surface area (Å²) in [7, 11) is 0. The van der Waals surface area contributed by atoms with E-state index in [1.165, 1.54) is 0 Å². The van der Waals surface area contributed by atoms with Crippen LogP contribution in [0.1, 0.15) is 20.7 Å². The molecule has 1 aromatic carbocycles. The second-order valence-corrected chi connectivity index (χ2v) is 3.07. The number of hydrogen-bond acceptors (Lipinski definition) is 3. The van der Waals surface area contributed by atoms with E-state index in [4.69, 9.17) is 11.6 Å². The van der Waals surface area contributed by atoms with Crippen molar-refractivity contribution < 1.29 is 27.5 Å². The van der Waals surface area contributed by atoms with E-state index in [-0.39, 0.29) is 17.4 Å². The number of alkyl halides is 3. The van der Waals surface area contributed by atoms with E-state index in [0.29, 0.717) is 0 Å². The van der Waals surface area contributed by atoms with Gasteiger partial charge in [-0.3, -0.25) is 9.59 Å². The van der Waals surface area contributed by atoms with Gasteiger partial charge in [0.15, 0.2) is 0 Å². The fourth-order valence-corrected chi connectivity index (χ4v) is 1.11. The first-order valence-corrected chi connectivity index (χ1v) is 4.25. The number of carbonyl (C=O) groups excluding carboxylic acids is 2. The van der Waals surface area contributed by atoms with Crippen LogP contribution in [0.15, 0.2) is 18.2 Å². The van der Waals surface area contributed by atoms with Crippen LogP contribution in [0.2, 0.25) is 0 Å². The highest BCUT2D eigenvalue weighted by atomic mass is 35.5. The van der Waals surface area contributed by atoms with E-state index in [0.717, 1.165) is 18.2 Å². The van der Waals surface area contributed by atoms with E-state index in [9.17, 15) is 22.8 Å². The molecular formula is C9H4ClF3O3. The van der Waals surface area contributed by atoms with Crippen LogP contribution < -0.4 is 4.74 Å². The summed E-state index contributed by atoms with van der Waals surface area (Å²) < 4.78 is 39.2. The molecule has 0 saturated heterocycles. The molecule has 0 aromatic heterocycles. The van der Waals surface area contributed by atoms with Crippen LogP contribution in [0.25, 0.3) is 0 Å². The van der Waals surface area contributed by atoms with Crippen LogP contribution >= 0.6 is 11.6 Å². The third kappa shape index (κ3) is 3.54. The molecule has 0 unspecified atom stereocenters. The van der Waals surface area contributed by atoms with E-state index in [1.54, 1.807) is 0 Å². The minimum Gasteiger partial charge on any atom is -0.406 e. The number of halogens is 4. The summed E-state index contributed by atoms with van der Waals surface area (Å²) in [5.41, 5.74) is -0.378. The number of rotatable bonds is 3. The van der Waals surface area contributed by atoms with Crippen LogP contribution in [0.3, 0.4) is 0 Å². The Labute approximate surface area is 92.8 Å². The second-order valence-electron chi connectivity index (χ2n) is 2.73. The van der Waals surface area contributed by atoms with Crippen LogP contribution in [0.5, 0.6) is 5.75 Å². The van der Waals surface area contributed by atoms with Crippen molar-refractivity contribution >= 4 is 23.1 Å². The summed E-state index contributed by atoms with van der Waals surface area (Å²) >= 11 is 5.08. The average Bonchev–Trinajstić information content (AvgIpc) is 2.14. The van der Waals surface area contributed by atoms with E-state index >= 15 is 0 Å². The van der Waals surface area contributed by atoms with Crippen molar-refractivity contribution in [3.05, 3.63) is 29.3 Å². The Kier molecular flexibility index (Phi) is 3.54. The maximum atomic E-state index is 11.9. The number of hydrogen-bond donors (Lipinski definition) is 0. The zero-order valence-electron chi connectivity index (χ0n) is 7.55. The molecule has 0 saturated carbocycles. The molecule has 1 rings (SSSR count). The van der Waals surface area contributed by atoms with Crippen molar-refractivity contribution in [1.29, 1.82) is 0 Å². The Hall–Kier alpha value is -1.56. The summed E-state index contributed by atoms with van der Waals surface area (Å²) in [5.74, 6) is -0.666. The first kappa shape index (κ1) is 12.5. The molecule has 86 valence electrons. The van der Waals surface area contributed by atoms with Crippen molar-refractivity contribution in [3.8, 4) is 5.75 Å². The van der Waals surface area contributed by atoms with E-state index < -0.39 is 17.4 Å². The van der Waals surface area contributed by atoms with Crippen LogP contribution in [-0.2, 0) is 0 Å². The summed E-state index contributed by atoms with van der Waals surface area (Å²) in [4.78, 5) is 21.2. The van der Waals surface area contributed by atoms with Gasteiger partial charge in [-0.15, -0.1) is 13.2 Å². The minimum absolute atomic E-state index is 0.134. The molecule has 1 aromatic rings. The van der Waals surface area contributed by atoms with Crippen molar-refractivity contribution in [1.82, 2.24) is 0 Å². The number of carbonyl (C=O) groups is 2. The quantitative estimate of drug-likeness (QED) is 0.614. The van der Waals surface area contributed by atoms with Gasteiger partial charge in [0.1, 0.15) is 12.0 Å². The molecule has 0 N–H and O–H groups in total. The fraction of sp³-hybridized carbons (Fsp3) is 0.111. The first-order chi connectivity index (χ1) is 7.31. The van der Waals surface area contributed by atoms with Gasteiger partial charge in [0, 0.05) is 11.1 Å². The Bertz CT molecular complexity index is 428. The summed E-state index contributed by atoms with van der Waals surface area (Å²) in [5, 5.41) is -0.976. The second kappa shape index (κ2) is 4.52. The van der Waals surface area contributed by atoms with Crippen LogP contribution in [0, 0.1) is 0 Å². The lowest BCUT2D eigenvalue weighted by Crippen LogP contribution is -2.17. The molecule has 0 bridgehead atoms. The van der Waals surface area contributed by atoms with Gasteiger partial charge in [-0.25, -0.2) is 0 Å². The van der Waals surface area contributed by atoms with Crippen molar-refractivity contribution in [2.75, 3.05) is 0 Å². The highest BCUT2D eigenvalue weighted by molar-refractivity contribution is 6.67. The molecule has 16 heavy (non-hydrogen) atoms. The molecule has 0 amide bonds. The lowest BCUT2D eigenvalue weighted by molar-refractivity contribution is -0.274. The molecule has 7 heteroatoms. The van der Waals surface area contributed by atoms with Gasteiger partial charge in [-0.1, -0.05) is 0 Å². The molecule has 0 spiro atoms. The number of benzene rings is 1. The topological polar surface area (TPSA) is 43.4 Å². The lowest BCUT2D eigenvalue weighted by atomic mass is 10.1. The van der Waals surface area contributed by atoms with Gasteiger partial charge in [-0.2, -0.15) is 0 Å². The molecule has 3 nitrogen and oxygen atoms in total. The smallest absolute Gasteiger partial charge is 0.406 e. The molecule has 0 radical (unpaired) electrons. The molecular weight excluding hydrogens is 249 g/mol. The maximum absolute atomic E-state index is 11.9. The average molecular weight is 253 g/mol. The third-order valence-electron chi connectivity index (χ3n) is 1.53.